The first-order valence-corrected chi connectivity index (χ1v) is 6.57. The van der Waals surface area contributed by atoms with Gasteiger partial charge in [0, 0.05) is 26.2 Å². The van der Waals surface area contributed by atoms with Crippen LogP contribution in [0.25, 0.3) is 0 Å². The smallest absolute Gasteiger partial charge is 0.238 e. The zero-order chi connectivity index (χ0) is 12.8. The lowest BCUT2D eigenvalue weighted by Crippen LogP contribution is -2.49. The molecule has 0 radical (unpaired) electrons. The van der Waals surface area contributed by atoms with E-state index in [4.69, 9.17) is 5.73 Å². The summed E-state index contributed by atoms with van der Waals surface area (Å²) in [5.41, 5.74) is 7.02. The van der Waals surface area contributed by atoms with Gasteiger partial charge >= 0.3 is 0 Å². The van der Waals surface area contributed by atoms with Crippen LogP contribution in [-0.2, 0) is 11.2 Å². The minimum atomic E-state index is -0.170. The van der Waals surface area contributed by atoms with Crippen molar-refractivity contribution in [3.05, 3.63) is 35.9 Å². The van der Waals surface area contributed by atoms with Crippen LogP contribution in [0.1, 0.15) is 12.0 Å². The van der Waals surface area contributed by atoms with Crippen molar-refractivity contribution in [3.8, 4) is 0 Å². The van der Waals surface area contributed by atoms with Crippen LogP contribution in [0.15, 0.2) is 30.3 Å². The van der Waals surface area contributed by atoms with Crippen LogP contribution in [0, 0.1) is 0 Å². The van der Waals surface area contributed by atoms with E-state index in [1.165, 1.54) is 5.56 Å². The minimum Gasteiger partial charge on any atom is -0.355 e. The van der Waals surface area contributed by atoms with E-state index in [-0.39, 0.29) is 11.9 Å². The van der Waals surface area contributed by atoms with Crippen LogP contribution in [0.5, 0.6) is 0 Å². The van der Waals surface area contributed by atoms with Gasteiger partial charge in [-0.25, -0.2) is 0 Å². The Morgan fingerprint density at radius 3 is 2.83 bits per heavy atom. The Morgan fingerprint density at radius 2 is 2.11 bits per heavy atom. The number of hydrogen-bond donors (Lipinski definition) is 2. The fraction of sp³-hybridized carbons (Fsp3) is 0.500. The molecule has 1 aliphatic heterocycles. The molecule has 4 nitrogen and oxygen atoms in total. The minimum absolute atomic E-state index is 0.0723. The van der Waals surface area contributed by atoms with Crippen LogP contribution >= 0.6 is 0 Å². The van der Waals surface area contributed by atoms with Gasteiger partial charge < -0.3 is 11.1 Å². The molecule has 4 heteroatoms. The summed E-state index contributed by atoms with van der Waals surface area (Å²) in [7, 11) is 0. The lowest BCUT2D eigenvalue weighted by atomic mass is 10.1. The number of nitrogens with zero attached hydrogens (tertiary/aromatic N) is 1. The molecule has 1 atom stereocenters. The standard InChI is InChI=1S/C14H21N3O/c15-11-13-14(18)16-8-4-9-17(13)10-7-12-5-2-1-3-6-12/h1-3,5-6,13H,4,7-11,15H2,(H,16,18). The Bertz CT molecular complexity index is 380. The number of nitrogens with one attached hydrogen (secondary N) is 1. The number of carbonyl (C=O) groups is 1. The fourth-order valence-electron chi connectivity index (χ4n) is 2.37. The molecule has 0 spiro atoms. The predicted octanol–water partition coefficient (Wildman–Crippen LogP) is 0.378. The normalized spacial score (nSPS) is 21.4. The molecule has 0 aliphatic carbocycles. The summed E-state index contributed by atoms with van der Waals surface area (Å²) in [6.45, 7) is 2.98. The van der Waals surface area contributed by atoms with E-state index in [1.54, 1.807) is 0 Å². The molecule has 98 valence electrons. The first-order chi connectivity index (χ1) is 8.81. The zero-order valence-corrected chi connectivity index (χ0v) is 10.6. The topological polar surface area (TPSA) is 58.4 Å². The van der Waals surface area contributed by atoms with Gasteiger partial charge in [0.15, 0.2) is 0 Å². The quantitative estimate of drug-likeness (QED) is 0.808. The van der Waals surface area contributed by atoms with Crippen molar-refractivity contribution >= 4 is 5.91 Å². The summed E-state index contributed by atoms with van der Waals surface area (Å²) in [6.07, 6.45) is 1.96. The van der Waals surface area contributed by atoms with Crippen LogP contribution in [-0.4, -0.2) is 43.0 Å². The molecule has 1 aromatic carbocycles. The molecular formula is C14H21N3O. The summed E-state index contributed by atoms with van der Waals surface area (Å²) in [4.78, 5) is 14.0. The van der Waals surface area contributed by atoms with Crippen LogP contribution in [0.3, 0.4) is 0 Å². The van der Waals surface area contributed by atoms with Crippen molar-refractivity contribution in [2.24, 2.45) is 5.73 Å². The molecule has 1 aliphatic rings. The van der Waals surface area contributed by atoms with E-state index in [0.717, 1.165) is 32.5 Å². The van der Waals surface area contributed by atoms with Crippen molar-refractivity contribution in [3.63, 3.8) is 0 Å². The SMILES string of the molecule is NCC1C(=O)NCCCN1CCc1ccccc1. The Labute approximate surface area is 108 Å². The molecule has 1 saturated heterocycles. The maximum absolute atomic E-state index is 11.8. The summed E-state index contributed by atoms with van der Waals surface area (Å²) in [6, 6.07) is 10.2. The van der Waals surface area contributed by atoms with E-state index >= 15 is 0 Å². The van der Waals surface area contributed by atoms with Gasteiger partial charge in [0.05, 0.1) is 0 Å². The second-order valence-corrected chi connectivity index (χ2v) is 4.67. The predicted molar refractivity (Wildman–Crippen MR) is 72.2 cm³/mol. The molecule has 1 heterocycles. The lowest BCUT2D eigenvalue weighted by Gasteiger charge is -2.27. The number of rotatable bonds is 4. The second kappa shape index (κ2) is 6.52. The largest absolute Gasteiger partial charge is 0.355 e. The van der Waals surface area contributed by atoms with Gasteiger partial charge in [-0.15, -0.1) is 0 Å². The van der Waals surface area contributed by atoms with Gasteiger partial charge in [0.2, 0.25) is 5.91 Å². The summed E-state index contributed by atoms with van der Waals surface area (Å²) >= 11 is 0. The summed E-state index contributed by atoms with van der Waals surface area (Å²) < 4.78 is 0. The molecule has 2 rings (SSSR count). The Kier molecular flexibility index (Phi) is 4.73. The number of hydrogen-bond acceptors (Lipinski definition) is 3. The van der Waals surface area contributed by atoms with Gasteiger partial charge in [-0.2, -0.15) is 0 Å². The molecule has 1 fully saturated rings. The summed E-state index contributed by atoms with van der Waals surface area (Å²) in [5.74, 6) is 0.0723. The molecule has 3 N–H and O–H groups in total. The number of amides is 1. The average molecular weight is 247 g/mol. The number of nitrogens with two attached hydrogens (primary N) is 1. The third-order valence-corrected chi connectivity index (χ3v) is 3.42. The van der Waals surface area contributed by atoms with E-state index in [2.05, 4.69) is 22.3 Å². The highest BCUT2D eigenvalue weighted by molar-refractivity contribution is 5.82. The molecule has 0 saturated carbocycles. The molecule has 0 bridgehead atoms. The Hall–Kier alpha value is -1.39. The monoisotopic (exact) mass is 247 g/mol. The molecule has 1 amide bonds. The van der Waals surface area contributed by atoms with Crippen LogP contribution in [0.2, 0.25) is 0 Å². The maximum Gasteiger partial charge on any atom is 0.238 e. The van der Waals surface area contributed by atoms with Gasteiger partial charge in [-0.05, 0) is 18.4 Å². The van der Waals surface area contributed by atoms with Gasteiger partial charge in [-0.3, -0.25) is 9.69 Å². The van der Waals surface area contributed by atoms with Crippen LogP contribution < -0.4 is 11.1 Å². The van der Waals surface area contributed by atoms with E-state index in [1.807, 2.05) is 18.2 Å². The first kappa shape index (κ1) is 13.1. The van der Waals surface area contributed by atoms with Gasteiger partial charge in [0.25, 0.3) is 0 Å². The van der Waals surface area contributed by atoms with Crippen molar-refractivity contribution in [1.29, 1.82) is 0 Å². The maximum atomic E-state index is 11.8. The van der Waals surface area contributed by atoms with Crippen molar-refractivity contribution < 1.29 is 4.79 Å². The number of carbonyl (C=O) groups excluding carboxylic acids is 1. The van der Waals surface area contributed by atoms with Crippen molar-refractivity contribution in [2.75, 3.05) is 26.2 Å². The summed E-state index contributed by atoms with van der Waals surface area (Å²) in [5, 5.41) is 2.91. The highest BCUT2D eigenvalue weighted by Gasteiger charge is 2.26. The van der Waals surface area contributed by atoms with Crippen molar-refractivity contribution in [2.45, 2.75) is 18.9 Å². The lowest BCUT2D eigenvalue weighted by molar-refractivity contribution is -0.125. The zero-order valence-electron chi connectivity index (χ0n) is 10.6. The molecule has 1 aromatic rings. The van der Waals surface area contributed by atoms with E-state index in [9.17, 15) is 4.79 Å². The first-order valence-electron chi connectivity index (χ1n) is 6.57. The molecule has 1 unspecified atom stereocenters. The fourth-order valence-corrected chi connectivity index (χ4v) is 2.37. The molecule has 18 heavy (non-hydrogen) atoms. The highest BCUT2D eigenvalue weighted by atomic mass is 16.2. The molecule has 0 aromatic heterocycles. The van der Waals surface area contributed by atoms with Crippen molar-refractivity contribution in [1.82, 2.24) is 10.2 Å². The third kappa shape index (κ3) is 3.31. The number of benzene rings is 1. The third-order valence-electron chi connectivity index (χ3n) is 3.42. The van der Waals surface area contributed by atoms with E-state index in [0.29, 0.717) is 6.54 Å². The highest BCUT2D eigenvalue weighted by Crippen LogP contribution is 2.07. The average Bonchev–Trinajstić information content (AvgIpc) is 2.59. The van der Waals surface area contributed by atoms with Gasteiger partial charge in [-0.1, -0.05) is 30.3 Å². The molecular weight excluding hydrogens is 226 g/mol. The Balaban J connectivity index is 1.95. The van der Waals surface area contributed by atoms with Gasteiger partial charge in [0.1, 0.15) is 6.04 Å². The van der Waals surface area contributed by atoms with Crippen LogP contribution in [0.4, 0.5) is 0 Å². The second-order valence-electron chi connectivity index (χ2n) is 4.67. The Morgan fingerprint density at radius 1 is 1.33 bits per heavy atom. The van der Waals surface area contributed by atoms with E-state index < -0.39 is 0 Å².